The highest BCUT2D eigenvalue weighted by Crippen LogP contribution is 2.26. The summed E-state index contributed by atoms with van der Waals surface area (Å²) in [6.07, 6.45) is -4.18. The van der Waals surface area contributed by atoms with Gasteiger partial charge in [0.05, 0.1) is 11.3 Å². The van der Waals surface area contributed by atoms with E-state index in [-0.39, 0.29) is 11.3 Å². The number of alkyl halides is 3. The second-order valence-electron chi connectivity index (χ2n) is 3.43. The first-order valence-electron chi connectivity index (χ1n) is 4.99. The number of ketones is 1. The zero-order valence-corrected chi connectivity index (χ0v) is 9.35. The second-order valence-corrected chi connectivity index (χ2v) is 3.43. The summed E-state index contributed by atoms with van der Waals surface area (Å²) in [7, 11) is 1.55. The van der Waals surface area contributed by atoms with Crippen LogP contribution < -0.4 is 0 Å². The highest BCUT2D eigenvalue weighted by molar-refractivity contribution is 6.02. The first kappa shape index (κ1) is 12.7. The molecule has 0 aliphatic carbocycles. The first-order valence-corrected chi connectivity index (χ1v) is 4.99. The maximum atomic E-state index is 12.4. The zero-order valence-electron chi connectivity index (χ0n) is 9.35. The van der Waals surface area contributed by atoms with Gasteiger partial charge in [-0.15, -0.1) is 0 Å². The molecule has 0 aromatic carbocycles. The monoisotopic (exact) mass is 234 g/mol. The van der Waals surface area contributed by atoms with Crippen molar-refractivity contribution in [2.45, 2.75) is 32.9 Å². The predicted octanol–water partition coefficient (Wildman–Crippen LogP) is 2.29. The molecule has 0 radical (unpaired) electrons. The quantitative estimate of drug-likeness (QED) is 0.752. The largest absolute Gasteiger partial charge is 0.455 e. The van der Waals surface area contributed by atoms with E-state index >= 15 is 0 Å². The molecule has 16 heavy (non-hydrogen) atoms. The average molecular weight is 234 g/mol. The normalized spacial score (nSPS) is 11.9. The molecule has 0 aliphatic heterocycles. The van der Waals surface area contributed by atoms with Gasteiger partial charge in [0, 0.05) is 12.7 Å². The summed E-state index contributed by atoms with van der Waals surface area (Å²) < 4.78 is 38.5. The third-order valence-corrected chi connectivity index (χ3v) is 2.39. The Kier molecular flexibility index (Phi) is 3.40. The van der Waals surface area contributed by atoms with E-state index in [1.54, 1.807) is 20.9 Å². The maximum Gasteiger partial charge on any atom is 0.455 e. The third kappa shape index (κ3) is 2.10. The fourth-order valence-electron chi connectivity index (χ4n) is 1.68. The van der Waals surface area contributed by atoms with Crippen molar-refractivity contribution < 1.29 is 18.0 Å². The number of nitrogens with zero attached hydrogens (tertiary/aromatic N) is 2. The lowest BCUT2D eigenvalue weighted by atomic mass is 10.0. The van der Waals surface area contributed by atoms with Gasteiger partial charge < -0.3 is 0 Å². The van der Waals surface area contributed by atoms with E-state index in [0.717, 1.165) is 0 Å². The van der Waals surface area contributed by atoms with Gasteiger partial charge in [0.25, 0.3) is 5.78 Å². The standard InChI is InChI=1S/C10H13F3N2O/c1-4-6-8(9(16)10(11,12)13)7(5-2)15(3)14-6/h4-5H2,1-3H3. The van der Waals surface area contributed by atoms with E-state index in [4.69, 9.17) is 0 Å². The van der Waals surface area contributed by atoms with Gasteiger partial charge in [-0.3, -0.25) is 9.48 Å². The molecule has 90 valence electrons. The number of halogens is 3. The number of carbonyl (C=O) groups excluding carboxylic acids is 1. The third-order valence-electron chi connectivity index (χ3n) is 2.39. The minimum atomic E-state index is -4.84. The van der Waals surface area contributed by atoms with Crippen LogP contribution in [0, 0.1) is 0 Å². The molecule has 0 aliphatic rings. The van der Waals surface area contributed by atoms with Gasteiger partial charge in [0.1, 0.15) is 0 Å². The molecular formula is C10H13F3N2O. The van der Waals surface area contributed by atoms with Crippen LogP contribution in [0.2, 0.25) is 0 Å². The molecule has 0 bridgehead atoms. The van der Waals surface area contributed by atoms with Gasteiger partial charge in [-0.05, 0) is 12.8 Å². The van der Waals surface area contributed by atoms with E-state index in [0.29, 0.717) is 18.5 Å². The molecule has 0 N–H and O–H groups in total. The summed E-state index contributed by atoms with van der Waals surface area (Å²) in [5.41, 5.74) is 0.265. The molecule has 0 unspecified atom stereocenters. The molecule has 1 aromatic rings. The maximum absolute atomic E-state index is 12.4. The van der Waals surface area contributed by atoms with Gasteiger partial charge in [-0.25, -0.2) is 0 Å². The lowest BCUT2D eigenvalue weighted by Gasteiger charge is -2.06. The summed E-state index contributed by atoms with van der Waals surface area (Å²) in [6.45, 7) is 3.37. The zero-order chi connectivity index (χ0) is 12.5. The van der Waals surface area contributed by atoms with Crippen LogP contribution in [0.4, 0.5) is 13.2 Å². The van der Waals surface area contributed by atoms with Crippen LogP contribution >= 0.6 is 0 Å². The van der Waals surface area contributed by atoms with Crippen molar-refractivity contribution in [3.05, 3.63) is 17.0 Å². The van der Waals surface area contributed by atoms with Crippen LogP contribution in [0.5, 0.6) is 0 Å². The number of Topliss-reactive ketones (excluding diaryl/α,β-unsaturated/α-hetero) is 1. The fraction of sp³-hybridized carbons (Fsp3) is 0.600. The van der Waals surface area contributed by atoms with E-state index in [1.165, 1.54) is 4.68 Å². The van der Waals surface area contributed by atoms with Gasteiger partial charge in [-0.1, -0.05) is 13.8 Å². The Hall–Kier alpha value is -1.33. The molecule has 0 fully saturated rings. The van der Waals surface area contributed by atoms with Gasteiger partial charge in [0.15, 0.2) is 0 Å². The van der Waals surface area contributed by atoms with Crippen molar-refractivity contribution >= 4 is 5.78 Å². The van der Waals surface area contributed by atoms with Gasteiger partial charge >= 0.3 is 6.18 Å². The Morgan fingerprint density at radius 1 is 1.31 bits per heavy atom. The minimum absolute atomic E-state index is 0.210. The summed E-state index contributed by atoms with van der Waals surface area (Å²) >= 11 is 0. The molecule has 6 heteroatoms. The van der Waals surface area contributed by atoms with Gasteiger partial charge in [0.2, 0.25) is 0 Å². The van der Waals surface area contributed by atoms with Crippen molar-refractivity contribution in [2.75, 3.05) is 0 Å². The Morgan fingerprint density at radius 2 is 1.88 bits per heavy atom. The van der Waals surface area contributed by atoms with Crippen LogP contribution in [0.3, 0.4) is 0 Å². The van der Waals surface area contributed by atoms with E-state index in [9.17, 15) is 18.0 Å². The number of hydrogen-bond acceptors (Lipinski definition) is 2. The molecule has 1 rings (SSSR count). The number of aryl methyl sites for hydroxylation is 2. The Bertz CT molecular complexity index is 407. The minimum Gasteiger partial charge on any atom is -0.284 e. The van der Waals surface area contributed by atoms with Crippen LogP contribution in [-0.4, -0.2) is 21.7 Å². The van der Waals surface area contributed by atoms with Crippen molar-refractivity contribution in [2.24, 2.45) is 7.05 Å². The first-order chi connectivity index (χ1) is 7.32. The number of aromatic nitrogens is 2. The van der Waals surface area contributed by atoms with Crippen molar-refractivity contribution in [1.29, 1.82) is 0 Å². The van der Waals surface area contributed by atoms with Crippen molar-refractivity contribution in [3.63, 3.8) is 0 Å². The lowest BCUT2D eigenvalue weighted by Crippen LogP contribution is -2.24. The van der Waals surface area contributed by atoms with E-state index in [1.807, 2.05) is 0 Å². The number of hydrogen-bond donors (Lipinski definition) is 0. The highest BCUT2D eigenvalue weighted by Gasteiger charge is 2.42. The summed E-state index contributed by atoms with van der Waals surface area (Å²) in [6, 6.07) is 0. The molecule has 3 nitrogen and oxygen atoms in total. The van der Waals surface area contributed by atoms with Gasteiger partial charge in [-0.2, -0.15) is 18.3 Å². The Balaban J connectivity index is 3.35. The molecule has 1 aromatic heterocycles. The van der Waals surface area contributed by atoms with Crippen molar-refractivity contribution in [3.8, 4) is 0 Å². The van der Waals surface area contributed by atoms with E-state index < -0.39 is 12.0 Å². The topological polar surface area (TPSA) is 34.9 Å². The fourth-order valence-corrected chi connectivity index (χ4v) is 1.68. The smallest absolute Gasteiger partial charge is 0.284 e. The molecular weight excluding hydrogens is 221 g/mol. The predicted molar refractivity (Wildman–Crippen MR) is 52.3 cm³/mol. The number of rotatable bonds is 3. The molecule has 0 spiro atoms. The molecule has 0 amide bonds. The van der Waals surface area contributed by atoms with Crippen LogP contribution in [-0.2, 0) is 19.9 Å². The number of carbonyl (C=O) groups is 1. The molecule has 1 heterocycles. The molecule has 0 saturated heterocycles. The Labute approximate surface area is 91.3 Å². The highest BCUT2D eigenvalue weighted by atomic mass is 19.4. The van der Waals surface area contributed by atoms with E-state index in [2.05, 4.69) is 5.10 Å². The van der Waals surface area contributed by atoms with Crippen LogP contribution in [0.25, 0.3) is 0 Å². The molecule has 0 atom stereocenters. The lowest BCUT2D eigenvalue weighted by molar-refractivity contribution is -0.0886. The molecule has 0 saturated carbocycles. The summed E-state index contributed by atoms with van der Waals surface area (Å²) in [5, 5.41) is 3.93. The SMILES string of the molecule is CCc1nn(C)c(CC)c1C(=O)C(F)(F)F. The second kappa shape index (κ2) is 4.27. The summed E-state index contributed by atoms with van der Waals surface area (Å²) in [5.74, 6) is -1.80. The summed E-state index contributed by atoms with van der Waals surface area (Å²) in [4.78, 5) is 11.3. The average Bonchev–Trinajstić information content (AvgIpc) is 2.51. The van der Waals surface area contributed by atoms with Crippen molar-refractivity contribution in [1.82, 2.24) is 9.78 Å². The van der Waals surface area contributed by atoms with Crippen LogP contribution in [0.1, 0.15) is 35.6 Å². The van der Waals surface area contributed by atoms with Crippen LogP contribution in [0.15, 0.2) is 0 Å². The Morgan fingerprint density at radius 3 is 2.25 bits per heavy atom.